The minimum atomic E-state index is -0.206. The number of aliphatic hydroxyl groups excluding tert-OH is 1. The molecular formula is C11H22N2O3. The second-order valence-electron chi connectivity index (χ2n) is 4.33. The average Bonchev–Trinajstić information content (AvgIpc) is 2.17. The molecule has 0 bridgehead atoms. The number of carbonyl (C=O) groups is 1. The van der Waals surface area contributed by atoms with E-state index in [4.69, 9.17) is 4.74 Å². The smallest absolute Gasteiger partial charge is 0.320 e. The highest BCUT2D eigenvalue weighted by molar-refractivity contribution is 5.71. The van der Waals surface area contributed by atoms with Gasteiger partial charge in [-0.1, -0.05) is 0 Å². The molecule has 1 fully saturated rings. The van der Waals surface area contributed by atoms with Gasteiger partial charge in [-0.25, -0.2) is 0 Å². The molecule has 0 saturated carbocycles. The molecule has 0 spiro atoms. The van der Waals surface area contributed by atoms with Gasteiger partial charge in [0.2, 0.25) is 0 Å². The molecule has 16 heavy (non-hydrogen) atoms. The van der Waals surface area contributed by atoms with Crippen LogP contribution in [-0.2, 0) is 9.53 Å². The minimum absolute atomic E-state index is 0.193. The minimum Gasteiger partial charge on any atom is -0.465 e. The lowest BCUT2D eigenvalue weighted by molar-refractivity contribution is -0.144. The Morgan fingerprint density at radius 2 is 2.38 bits per heavy atom. The molecule has 1 heterocycles. The first-order valence-electron chi connectivity index (χ1n) is 5.87. The monoisotopic (exact) mass is 230 g/mol. The fourth-order valence-electron chi connectivity index (χ4n) is 1.99. The SMILES string of the molecule is CCOC(=O)CN(C)CC1CC(O)CCN1. The molecule has 1 aliphatic rings. The quantitative estimate of drug-likeness (QED) is 0.629. The third kappa shape index (κ3) is 4.92. The van der Waals surface area contributed by atoms with E-state index in [0.29, 0.717) is 13.2 Å². The third-order valence-corrected chi connectivity index (χ3v) is 2.70. The van der Waals surface area contributed by atoms with E-state index in [-0.39, 0.29) is 18.1 Å². The van der Waals surface area contributed by atoms with Crippen LogP contribution in [-0.4, -0.2) is 61.4 Å². The molecule has 1 rings (SSSR count). The number of hydrogen-bond acceptors (Lipinski definition) is 5. The normalized spacial score (nSPS) is 25.8. The first-order chi connectivity index (χ1) is 7.61. The van der Waals surface area contributed by atoms with Crippen LogP contribution >= 0.6 is 0 Å². The van der Waals surface area contributed by atoms with E-state index in [1.807, 2.05) is 11.9 Å². The first-order valence-corrected chi connectivity index (χ1v) is 5.87. The van der Waals surface area contributed by atoms with E-state index < -0.39 is 0 Å². The number of aliphatic hydroxyl groups is 1. The molecule has 0 aromatic carbocycles. The summed E-state index contributed by atoms with van der Waals surface area (Å²) in [5.74, 6) is -0.193. The molecular weight excluding hydrogens is 208 g/mol. The van der Waals surface area contributed by atoms with E-state index >= 15 is 0 Å². The van der Waals surface area contributed by atoms with Gasteiger partial charge in [0, 0.05) is 12.6 Å². The Labute approximate surface area is 96.8 Å². The van der Waals surface area contributed by atoms with Crippen molar-refractivity contribution in [1.29, 1.82) is 0 Å². The number of rotatable bonds is 5. The van der Waals surface area contributed by atoms with Gasteiger partial charge >= 0.3 is 5.97 Å². The summed E-state index contributed by atoms with van der Waals surface area (Å²) in [6.07, 6.45) is 1.37. The molecule has 1 aliphatic heterocycles. The van der Waals surface area contributed by atoms with Crippen LogP contribution in [0.2, 0.25) is 0 Å². The molecule has 0 amide bonds. The zero-order valence-electron chi connectivity index (χ0n) is 10.1. The van der Waals surface area contributed by atoms with Crippen molar-refractivity contribution in [3.05, 3.63) is 0 Å². The largest absolute Gasteiger partial charge is 0.465 e. The Morgan fingerprint density at radius 3 is 3.00 bits per heavy atom. The van der Waals surface area contributed by atoms with E-state index in [0.717, 1.165) is 25.9 Å². The summed E-state index contributed by atoms with van der Waals surface area (Å²) in [7, 11) is 1.89. The topological polar surface area (TPSA) is 61.8 Å². The highest BCUT2D eigenvalue weighted by Crippen LogP contribution is 2.09. The van der Waals surface area contributed by atoms with Crippen LogP contribution in [0.4, 0.5) is 0 Å². The van der Waals surface area contributed by atoms with Gasteiger partial charge in [0.15, 0.2) is 0 Å². The summed E-state index contributed by atoms with van der Waals surface area (Å²) < 4.78 is 4.87. The van der Waals surface area contributed by atoms with Crippen LogP contribution in [0.25, 0.3) is 0 Å². The fraction of sp³-hybridized carbons (Fsp3) is 0.909. The van der Waals surface area contributed by atoms with Crippen molar-refractivity contribution >= 4 is 5.97 Å². The molecule has 94 valence electrons. The predicted octanol–water partition coefficient (Wildman–Crippen LogP) is -0.406. The van der Waals surface area contributed by atoms with Crippen molar-refractivity contribution < 1.29 is 14.6 Å². The Hall–Kier alpha value is -0.650. The number of nitrogens with zero attached hydrogens (tertiary/aromatic N) is 1. The lowest BCUT2D eigenvalue weighted by atomic mass is 10.0. The summed E-state index contributed by atoms with van der Waals surface area (Å²) in [6.45, 7) is 4.14. The Bertz CT molecular complexity index is 223. The standard InChI is InChI=1S/C11H22N2O3/c1-3-16-11(15)8-13(2)7-9-6-10(14)4-5-12-9/h9-10,12,14H,3-8H2,1-2H3. The molecule has 1 saturated heterocycles. The average molecular weight is 230 g/mol. The number of piperidine rings is 1. The summed E-state index contributed by atoms with van der Waals surface area (Å²) in [5.41, 5.74) is 0. The van der Waals surface area contributed by atoms with Crippen LogP contribution in [0, 0.1) is 0 Å². The van der Waals surface area contributed by atoms with Crippen molar-refractivity contribution in [2.75, 3.05) is 33.3 Å². The maximum atomic E-state index is 11.2. The van der Waals surface area contributed by atoms with Crippen molar-refractivity contribution in [3.8, 4) is 0 Å². The van der Waals surface area contributed by atoms with E-state index in [2.05, 4.69) is 5.32 Å². The van der Waals surface area contributed by atoms with Gasteiger partial charge in [-0.2, -0.15) is 0 Å². The molecule has 0 aromatic rings. The van der Waals surface area contributed by atoms with Gasteiger partial charge in [-0.15, -0.1) is 0 Å². The van der Waals surface area contributed by atoms with Gasteiger partial charge in [-0.3, -0.25) is 9.69 Å². The first kappa shape index (κ1) is 13.4. The summed E-state index contributed by atoms with van der Waals surface area (Å²) in [5, 5.41) is 12.8. The molecule has 5 nitrogen and oxygen atoms in total. The van der Waals surface area contributed by atoms with Gasteiger partial charge in [0.25, 0.3) is 0 Å². The zero-order chi connectivity index (χ0) is 12.0. The van der Waals surface area contributed by atoms with Crippen molar-refractivity contribution in [3.63, 3.8) is 0 Å². The summed E-state index contributed by atoms with van der Waals surface area (Å²) >= 11 is 0. The zero-order valence-corrected chi connectivity index (χ0v) is 10.1. The molecule has 2 atom stereocenters. The molecule has 2 N–H and O–H groups in total. The van der Waals surface area contributed by atoms with E-state index in [1.54, 1.807) is 6.92 Å². The van der Waals surface area contributed by atoms with Crippen molar-refractivity contribution in [2.45, 2.75) is 31.9 Å². The number of ether oxygens (including phenoxy) is 1. The highest BCUT2D eigenvalue weighted by Gasteiger charge is 2.21. The van der Waals surface area contributed by atoms with Crippen LogP contribution in [0.5, 0.6) is 0 Å². The summed E-state index contributed by atoms with van der Waals surface area (Å²) in [4.78, 5) is 13.2. The number of hydrogen-bond donors (Lipinski definition) is 2. The highest BCUT2D eigenvalue weighted by atomic mass is 16.5. The van der Waals surface area contributed by atoms with Gasteiger partial charge in [0.1, 0.15) is 0 Å². The Balaban J connectivity index is 2.22. The van der Waals surface area contributed by atoms with Crippen LogP contribution in [0.1, 0.15) is 19.8 Å². The molecule has 0 aliphatic carbocycles. The molecule has 0 aromatic heterocycles. The number of carbonyl (C=O) groups excluding carboxylic acids is 1. The second kappa shape index (κ2) is 6.83. The lowest BCUT2D eigenvalue weighted by Gasteiger charge is -2.30. The number of likely N-dealkylation sites (N-methyl/N-ethyl adjacent to an activating group) is 1. The van der Waals surface area contributed by atoms with Crippen LogP contribution in [0.15, 0.2) is 0 Å². The van der Waals surface area contributed by atoms with Crippen LogP contribution in [0.3, 0.4) is 0 Å². The Kier molecular flexibility index (Phi) is 5.73. The van der Waals surface area contributed by atoms with E-state index in [1.165, 1.54) is 0 Å². The van der Waals surface area contributed by atoms with Gasteiger partial charge < -0.3 is 15.2 Å². The summed E-state index contributed by atoms with van der Waals surface area (Å²) in [6, 6.07) is 0.267. The third-order valence-electron chi connectivity index (χ3n) is 2.70. The lowest BCUT2D eigenvalue weighted by Crippen LogP contribution is -2.47. The van der Waals surface area contributed by atoms with E-state index in [9.17, 15) is 9.90 Å². The van der Waals surface area contributed by atoms with Crippen LogP contribution < -0.4 is 5.32 Å². The predicted molar refractivity (Wildman–Crippen MR) is 61.2 cm³/mol. The van der Waals surface area contributed by atoms with Crippen molar-refractivity contribution in [2.24, 2.45) is 0 Å². The molecule has 2 unspecified atom stereocenters. The Morgan fingerprint density at radius 1 is 1.62 bits per heavy atom. The number of esters is 1. The second-order valence-corrected chi connectivity index (χ2v) is 4.33. The molecule has 5 heteroatoms. The maximum Gasteiger partial charge on any atom is 0.320 e. The molecule has 0 radical (unpaired) electrons. The van der Waals surface area contributed by atoms with Gasteiger partial charge in [-0.05, 0) is 33.4 Å². The fourth-order valence-corrected chi connectivity index (χ4v) is 1.99. The van der Waals surface area contributed by atoms with Gasteiger partial charge in [0.05, 0.1) is 19.3 Å². The maximum absolute atomic E-state index is 11.2. The van der Waals surface area contributed by atoms with Crippen molar-refractivity contribution in [1.82, 2.24) is 10.2 Å². The number of nitrogens with one attached hydrogen (secondary N) is 1.